The molecular formula is C11H19NO3. The van der Waals surface area contributed by atoms with E-state index in [4.69, 9.17) is 14.2 Å². The Morgan fingerprint density at radius 1 is 0.867 bits per heavy atom. The molecule has 3 heterocycles. The van der Waals surface area contributed by atoms with Crippen molar-refractivity contribution >= 4 is 0 Å². The van der Waals surface area contributed by atoms with Crippen LogP contribution in [-0.2, 0) is 14.2 Å². The van der Waals surface area contributed by atoms with Crippen molar-refractivity contribution in [3.63, 3.8) is 0 Å². The predicted octanol–water partition coefficient (Wildman–Crippen LogP) is 0.662. The zero-order valence-electron chi connectivity index (χ0n) is 9.09. The average Bonchev–Trinajstić information content (AvgIpc) is 2.67. The Morgan fingerprint density at radius 3 is 2.40 bits per heavy atom. The molecule has 0 aromatic heterocycles. The summed E-state index contributed by atoms with van der Waals surface area (Å²) in [5.41, 5.74) is -0.118. The molecule has 4 heteroatoms. The van der Waals surface area contributed by atoms with Crippen LogP contribution in [-0.4, -0.2) is 44.3 Å². The molecular weight excluding hydrogens is 194 g/mol. The fourth-order valence-electron chi connectivity index (χ4n) is 2.87. The van der Waals surface area contributed by atoms with E-state index in [-0.39, 0.29) is 11.3 Å². The fraction of sp³-hybridized carbons (Fsp3) is 1.00. The predicted molar refractivity (Wildman–Crippen MR) is 54.7 cm³/mol. The molecule has 3 aliphatic rings. The standard InChI is InChI=1S/C11H19NO3/c1-5-12-11(3-7-13-8-4-11)15-10(1)2-6-14-9-10/h12H,1-9H2. The van der Waals surface area contributed by atoms with Gasteiger partial charge in [0.2, 0.25) is 0 Å². The summed E-state index contributed by atoms with van der Waals surface area (Å²) in [4.78, 5) is 0. The first-order valence-electron chi connectivity index (χ1n) is 5.93. The highest BCUT2D eigenvalue weighted by molar-refractivity contribution is 4.96. The molecule has 1 atom stereocenters. The van der Waals surface area contributed by atoms with E-state index in [0.717, 1.165) is 58.7 Å². The van der Waals surface area contributed by atoms with Crippen molar-refractivity contribution in [3.8, 4) is 0 Å². The lowest BCUT2D eigenvalue weighted by atomic mass is 9.92. The molecule has 86 valence electrons. The topological polar surface area (TPSA) is 39.7 Å². The Kier molecular flexibility index (Phi) is 2.47. The number of rotatable bonds is 0. The maximum Gasteiger partial charge on any atom is 0.124 e. The molecule has 3 fully saturated rings. The van der Waals surface area contributed by atoms with Crippen molar-refractivity contribution in [2.45, 2.75) is 37.0 Å². The zero-order valence-corrected chi connectivity index (χ0v) is 9.09. The Labute approximate surface area is 90.3 Å². The monoisotopic (exact) mass is 213 g/mol. The highest BCUT2D eigenvalue weighted by Gasteiger charge is 2.48. The van der Waals surface area contributed by atoms with Gasteiger partial charge in [-0.1, -0.05) is 0 Å². The smallest absolute Gasteiger partial charge is 0.124 e. The lowest BCUT2D eigenvalue weighted by Crippen LogP contribution is -2.62. The Morgan fingerprint density at radius 2 is 1.67 bits per heavy atom. The summed E-state index contributed by atoms with van der Waals surface area (Å²) in [6, 6.07) is 0. The molecule has 2 spiro atoms. The van der Waals surface area contributed by atoms with E-state index in [9.17, 15) is 0 Å². The third-order valence-corrected chi connectivity index (χ3v) is 3.81. The molecule has 4 nitrogen and oxygen atoms in total. The van der Waals surface area contributed by atoms with Crippen LogP contribution in [0.2, 0.25) is 0 Å². The SMILES string of the molecule is C1CC2(CCOC2)OC2(CCOCC2)N1. The molecule has 3 saturated heterocycles. The van der Waals surface area contributed by atoms with Crippen LogP contribution in [0.4, 0.5) is 0 Å². The van der Waals surface area contributed by atoms with Gasteiger partial charge in [-0.3, -0.25) is 5.32 Å². The second-order valence-electron chi connectivity index (χ2n) is 4.87. The third-order valence-electron chi connectivity index (χ3n) is 3.81. The molecule has 0 bridgehead atoms. The van der Waals surface area contributed by atoms with Crippen molar-refractivity contribution in [3.05, 3.63) is 0 Å². The summed E-state index contributed by atoms with van der Waals surface area (Å²) in [6.07, 6.45) is 4.07. The molecule has 0 saturated carbocycles. The van der Waals surface area contributed by atoms with E-state index in [2.05, 4.69) is 5.32 Å². The van der Waals surface area contributed by atoms with Crippen LogP contribution < -0.4 is 5.32 Å². The van der Waals surface area contributed by atoms with Gasteiger partial charge in [0.25, 0.3) is 0 Å². The lowest BCUT2D eigenvalue weighted by Gasteiger charge is -2.48. The average molecular weight is 213 g/mol. The first-order chi connectivity index (χ1) is 7.33. The molecule has 3 rings (SSSR count). The van der Waals surface area contributed by atoms with Gasteiger partial charge in [-0.15, -0.1) is 0 Å². The Bertz CT molecular complexity index is 226. The largest absolute Gasteiger partial charge is 0.381 e. The van der Waals surface area contributed by atoms with Crippen LogP contribution in [0.1, 0.15) is 25.7 Å². The lowest BCUT2D eigenvalue weighted by molar-refractivity contribution is -0.227. The summed E-state index contributed by atoms with van der Waals surface area (Å²) >= 11 is 0. The molecule has 1 unspecified atom stereocenters. The van der Waals surface area contributed by atoms with Crippen LogP contribution in [0.15, 0.2) is 0 Å². The number of hydrogen-bond acceptors (Lipinski definition) is 4. The van der Waals surface area contributed by atoms with E-state index in [1.165, 1.54) is 0 Å². The van der Waals surface area contributed by atoms with Crippen LogP contribution >= 0.6 is 0 Å². The van der Waals surface area contributed by atoms with E-state index in [1.54, 1.807) is 0 Å². The van der Waals surface area contributed by atoms with E-state index >= 15 is 0 Å². The van der Waals surface area contributed by atoms with E-state index in [1.807, 2.05) is 0 Å². The van der Waals surface area contributed by atoms with Crippen LogP contribution in [0, 0.1) is 0 Å². The number of hydrogen-bond donors (Lipinski definition) is 1. The third kappa shape index (κ3) is 1.80. The van der Waals surface area contributed by atoms with Crippen molar-refractivity contribution in [2.24, 2.45) is 0 Å². The van der Waals surface area contributed by atoms with Crippen molar-refractivity contribution in [1.29, 1.82) is 0 Å². The van der Waals surface area contributed by atoms with Crippen LogP contribution in [0.25, 0.3) is 0 Å². The summed E-state index contributed by atoms with van der Waals surface area (Å²) < 4.78 is 17.2. The maximum absolute atomic E-state index is 6.35. The molecule has 0 radical (unpaired) electrons. The van der Waals surface area contributed by atoms with Gasteiger partial charge in [0.15, 0.2) is 0 Å². The van der Waals surface area contributed by atoms with Crippen molar-refractivity contribution < 1.29 is 14.2 Å². The number of ether oxygens (including phenoxy) is 3. The van der Waals surface area contributed by atoms with Crippen LogP contribution in [0.3, 0.4) is 0 Å². The maximum atomic E-state index is 6.35. The summed E-state index contributed by atoms with van der Waals surface area (Å²) in [7, 11) is 0. The van der Waals surface area contributed by atoms with E-state index in [0.29, 0.717) is 0 Å². The zero-order chi connectivity index (χ0) is 10.2. The van der Waals surface area contributed by atoms with Gasteiger partial charge in [-0.2, -0.15) is 0 Å². The molecule has 0 amide bonds. The second-order valence-corrected chi connectivity index (χ2v) is 4.87. The number of nitrogens with one attached hydrogen (secondary N) is 1. The minimum atomic E-state index is -0.121. The molecule has 0 aromatic rings. The van der Waals surface area contributed by atoms with Gasteiger partial charge in [0, 0.05) is 32.4 Å². The Hall–Kier alpha value is -0.160. The Balaban J connectivity index is 1.74. The molecule has 0 aromatic carbocycles. The highest BCUT2D eigenvalue weighted by Crippen LogP contribution is 2.37. The molecule has 15 heavy (non-hydrogen) atoms. The van der Waals surface area contributed by atoms with Crippen LogP contribution in [0.5, 0.6) is 0 Å². The van der Waals surface area contributed by atoms with Gasteiger partial charge < -0.3 is 14.2 Å². The first kappa shape index (κ1) is 10.0. The summed E-state index contributed by atoms with van der Waals surface area (Å²) in [5, 5.41) is 3.53. The highest BCUT2D eigenvalue weighted by atomic mass is 16.6. The fourth-order valence-corrected chi connectivity index (χ4v) is 2.87. The van der Waals surface area contributed by atoms with Gasteiger partial charge in [0.05, 0.1) is 25.4 Å². The molecule has 1 N–H and O–H groups in total. The first-order valence-corrected chi connectivity index (χ1v) is 5.93. The van der Waals surface area contributed by atoms with Gasteiger partial charge in [0.1, 0.15) is 5.72 Å². The van der Waals surface area contributed by atoms with E-state index < -0.39 is 0 Å². The van der Waals surface area contributed by atoms with Gasteiger partial charge >= 0.3 is 0 Å². The second kappa shape index (κ2) is 3.70. The molecule has 0 aliphatic carbocycles. The minimum Gasteiger partial charge on any atom is -0.381 e. The molecule has 3 aliphatic heterocycles. The summed E-state index contributed by atoms with van der Waals surface area (Å²) in [5.74, 6) is 0. The summed E-state index contributed by atoms with van der Waals surface area (Å²) in [6.45, 7) is 4.29. The van der Waals surface area contributed by atoms with Crippen molar-refractivity contribution in [1.82, 2.24) is 5.32 Å². The minimum absolute atomic E-state index is 0.00257. The quantitative estimate of drug-likeness (QED) is 0.642. The normalized spacial score (nSPS) is 40.0. The van der Waals surface area contributed by atoms with Crippen molar-refractivity contribution in [2.75, 3.05) is 33.0 Å². The van der Waals surface area contributed by atoms with Gasteiger partial charge in [-0.25, -0.2) is 0 Å². The van der Waals surface area contributed by atoms with Gasteiger partial charge in [-0.05, 0) is 6.42 Å².